The highest BCUT2D eigenvalue weighted by Gasteiger charge is 1.99. The second-order valence-corrected chi connectivity index (χ2v) is 5.13. The van der Waals surface area contributed by atoms with Gasteiger partial charge in [0.25, 0.3) is 0 Å². The molecule has 0 bridgehead atoms. The summed E-state index contributed by atoms with van der Waals surface area (Å²) >= 11 is 0. The molecule has 0 aliphatic carbocycles. The molecule has 1 rings (SSSR count). The van der Waals surface area contributed by atoms with Crippen molar-refractivity contribution in [3.05, 3.63) is 35.9 Å². The summed E-state index contributed by atoms with van der Waals surface area (Å²) in [5.41, 5.74) is 0.955. The summed E-state index contributed by atoms with van der Waals surface area (Å²) in [7, 11) is 1.63. The van der Waals surface area contributed by atoms with Crippen LogP contribution in [-0.2, 0) is 4.79 Å². The normalized spacial score (nSPS) is 11.1. The lowest BCUT2D eigenvalue weighted by Crippen LogP contribution is -2.26. The van der Waals surface area contributed by atoms with Crippen LogP contribution < -0.4 is 10.1 Å². The van der Waals surface area contributed by atoms with Gasteiger partial charge in [0.1, 0.15) is 5.75 Å². The summed E-state index contributed by atoms with van der Waals surface area (Å²) in [5, 5.41) is 2.92. The maximum absolute atomic E-state index is 11.7. The van der Waals surface area contributed by atoms with Crippen molar-refractivity contribution in [2.75, 3.05) is 33.3 Å². The van der Waals surface area contributed by atoms with Gasteiger partial charge >= 0.3 is 0 Å². The molecule has 0 atom stereocenters. The maximum Gasteiger partial charge on any atom is 0.243 e. The average Bonchev–Trinajstić information content (AvgIpc) is 2.56. The van der Waals surface area contributed by atoms with Gasteiger partial charge in [-0.05, 0) is 56.2 Å². The van der Waals surface area contributed by atoms with Gasteiger partial charge in [0, 0.05) is 12.6 Å². The smallest absolute Gasteiger partial charge is 0.243 e. The largest absolute Gasteiger partial charge is 0.497 e. The summed E-state index contributed by atoms with van der Waals surface area (Å²) in [4.78, 5) is 14.1. The van der Waals surface area contributed by atoms with E-state index in [1.165, 1.54) is 0 Å². The molecule has 0 spiro atoms. The van der Waals surface area contributed by atoms with Crippen molar-refractivity contribution >= 4 is 12.0 Å². The van der Waals surface area contributed by atoms with Crippen molar-refractivity contribution in [1.29, 1.82) is 0 Å². The fraction of sp³-hybridized carbons (Fsp3) is 0.500. The summed E-state index contributed by atoms with van der Waals surface area (Å²) in [6.45, 7) is 8.35. The Kier molecular flexibility index (Phi) is 9.00. The Bertz CT molecular complexity index is 468. The average molecular weight is 304 g/mol. The zero-order chi connectivity index (χ0) is 16.2. The monoisotopic (exact) mass is 304 g/mol. The van der Waals surface area contributed by atoms with Crippen LogP contribution in [0.4, 0.5) is 0 Å². The quantitative estimate of drug-likeness (QED) is 0.534. The van der Waals surface area contributed by atoms with Crippen molar-refractivity contribution in [2.24, 2.45) is 0 Å². The minimum Gasteiger partial charge on any atom is -0.497 e. The van der Waals surface area contributed by atoms with Crippen LogP contribution >= 0.6 is 0 Å². The number of unbranched alkanes of at least 4 members (excludes halogenated alkanes) is 1. The molecule has 0 fully saturated rings. The van der Waals surface area contributed by atoms with Crippen LogP contribution in [-0.4, -0.2) is 44.1 Å². The third-order valence-corrected chi connectivity index (χ3v) is 3.62. The fourth-order valence-corrected chi connectivity index (χ4v) is 2.19. The van der Waals surface area contributed by atoms with Crippen LogP contribution in [0.15, 0.2) is 30.3 Å². The van der Waals surface area contributed by atoms with Gasteiger partial charge in [-0.3, -0.25) is 4.79 Å². The summed E-state index contributed by atoms with van der Waals surface area (Å²) in [5.74, 6) is 0.740. The number of amides is 1. The fourth-order valence-electron chi connectivity index (χ4n) is 2.19. The molecule has 1 aromatic carbocycles. The van der Waals surface area contributed by atoms with E-state index >= 15 is 0 Å². The zero-order valence-corrected chi connectivity index (χ0v) is 14.0. The molecule has 22 heavy (non-hydrogen) atoms. The molecule has 4 heteroatoms. The molecule has 0 saturated heterocycles. The Morgan fingerprint density at radius 2 is 2.05 bits per heavy atom. The van der Waals surface area contributed by atoms with Crippen molar-refractivity contribution in [2.45, 2.75) is 26.7 Å². The first-order valence-electron chi connectivity index (χ1n) is 8.01. The van der Waals surface area contributed by atoms with Gasteiger partial charge in [-0.15, -0.1) is 0 Å². The third-order valence-electron chi connectivity index (χ3n) is 3.62. The highest BCUT2D eigenvalue weighted by atomic mass is 16.5. The van der Waals surface area contributed by atoms with Gasteiger partial charge in [-0.2, -0.15) is 0 Å². The third kappa shape index (κ3) is 7.27. The molecule has 0 aliphatic heterocycles. The Balaban J connectivity index is 2.24. The molecule has 1 aromatic rings. The van der Waals surface area contributed by atoms with Crippen LogP contribution in [0.25, 0.3) is 6.08 Å². The van der Waals surface area contributed by atoms with Crippen molar-refractivity contribution in [3.63, 3.8) is 0 Å². The number of nitrogens with zero attached hydrogens (tertiary/aromatic N) is 1. The van der Waals surface area contributed by atoms with E-state index in [1.807, 2.05) is 24.3 Å². The van der Waals surface area contributed by atoms with E-state index in [1.54, 1.807) is 19.3 Å². The van der Waals surface area contributed by atoms with Crippen LogP contribution in [0.3, 0.4) is 0 Å². The lowest BCUT2D eigenvalue weighted by molar-refractivity contribution is -0.116. The molecule has 0 aromatic heterocycles. The zero-order valence-electron chi connectivity index (χ0n) is 14.0. The van der Waals surface area contributed by atoms with Crippen molar-refractivity contribution < 1.29 is 9.53 Å². The number of carbonyl (C=O) groups is 1. The predicted octanol–water partition coefficient (Wildman–Crippen LogP) is 2.95. The highest BCUT2D eigenvalue weighted by molar-refractivity contribution is 5.91. The number of hydrogen-bond donors (Lipinski definition) is 1. The van der Waals surface area contributed by atoms with E-state index in [2.05, 4.69) is 24.1 Å². The number of ether oxygens (including phenoxy) is 1. The topological polar surface area (TPSA) is 41.6 Å². The molecule has 1 N–H and O–H groups in total. The van der Waals surface area contributed by atoms with E-state index in [0.717, 1.165) is 50.3 Å². The molecule has 1 amide bonds. The lowest BCUT2D eigenvalue weighted by atomic mass is 10.2. The Morgan fingerprint density at radius 3 is 2.73 bits per heavy atom. The lowest BCUT2D eigenvalue weighted by Gasteiger charge is -2.17. The molecule has 4 nitrogen and oxygen atoms in total. The second kappa shape index (κ2) is 10.9. The minimum atomic E-state index is -0.0503. The summed E-state index contributed by atoms with van der Waals surface area (Å²) in [6, 6.07) is 7.63. The molecular formula is C18H28N2O2. The summed E-state index contributed by atoms with van der Waals surface area (Å²) in [6.07, 6.45) is 5.49. The van der Waals surface area contributed by atoms with E-state index in [4.69, 9.17) is 4.74 Å². The number of nitrogens with one attached hydrogen (secondary N) is 1. The Hall–Kier alpha value is -1.81. The predicted molar refractivity (Wildman–Crippen MR) is 92.1 cm³/mol. The first-order valence-corrected chi connectivity index (χ1v) is 8.01. The van der Waals surface area contributed by atoms with Crippen LogP contribution in [0.2, 0.25) is 0 Å². The van der Waals surface area contributed by atoms with Gasteiger partial charge in [0.15, 0.2) is 0 Å². The van der Waals surface area contributed by atoms with Gasteiger partial charge in [-0.25, -0.2) is 0 Å². The minimum absolute atomic E-state index is 0.0503. The second-order valence-electron chi connectivity index (χ2n) is 5.13. The van der Waals surface area contributed by atoms with E-state index in [9.17, 15) is 4.79 Å². The van der Waals surface area contributed by atoms with E-state index in [0.29, 0.717) is 0 Å². The molecule has 0 unspecified atom stereocenters. The first-order chi connectivity index (χ1) is 10.7. The van der Waals surface area contributed by atoms with Crippen LogP contribution in [0, 0.1) is 0 Å². The Labute approximate surface area is 134 Å². The first kappa shape index (κ1) is 18.2. The van der Waals surface area contributed by atoms with Crippen LogP contribution in [0.5, 0.6) is 5.75 Å². The number of methoxy groups -OCH3 is 1. The number of benzene rings is 1. The van der Waals surface area contributed by atoms with Crippen molar-refractivity contribution in [1.82, 2.24) is 10.2 Å². The standard InChI is InChI=1S/C18H28N2O2/c1-4-20(5-2)14-7-6-13-19-18(21)12-11-16-9-8-10-17(15-16)22-3/h8-12,15H,4-7,13-14H2,1-3H3,(H,19,21)/b12-11+. The van der Waals surface area contributed by atoms with Crippen molar-refractivity contribution in [3.8, 4) is 5.75 Å². The molecule has 0 saturated carbocycles. The van der Waals surface area contributed by atoms with Gasteiger partial charge in [-0.1, -0.05) is 26.0 Å². The maximum atomic E-state index is 11.7. The Morgan fingerprint density at radius 1 is 1.27 bits per heavy atom. The number of hydrogen-bond acceptors (Lipinski definition) is 3. The molecule has 0 heterocycles. The molecule has 0 radical (unpaired) electrons. The molecule has 0 aliphatic rings. The van der Waals surface area contributed by atoms with Gasteiger partial charge in [0.05, 0.1) is 7.11 Å². The van der Waals surface area contributed by atoms with E-state index in [-0.39, 0.29) is 5.91 Å². The van der Waals surface area contributed by atoms with E-state index < -0.39 is 0 Å². The number of carbonyl (C=O) groups excluding carboxylic acids is 1. The van der Waals surface area contributed by atoms with Crippen LogP contribution in [0.1, 0.15) is 32.3 Å². The molecule has 122 valence electrons. The highest BCUT2D eigenvalue weighted by Crippen LogP contribution is 2.13. The SMILES string of the molecule is CCN(CC)CCCCNC(=O)/C=C/c1cccc(OC)c1. The molecular weight excluding hydrogens is 276 g/mol. The summed E-state index contributed by atoms with van der Waals surface area (Å²) < 4.78 is 5.15. The van der Waals surface area contributed by atoms with Gasteiger partial charge in [0.2, 0.25) is 5.91 Å². The number of rotatable bonds is 10. The van der Waals surface area contributed by atoms with Gasteiger partial charge < -0.3 is 15.0 Å².